The third-order valence-corrected chi connectivity index (χ3v) is 7.79. The molecule has 4 N–H and O–H groups in total. The number of allylic oxidation sites excluding steroid dienone is 12. The fourth-order valence-corrected chi connectivity index (χ4v) is 5.64. The molecule has 0 amide bonds. The molecule has 0 bridgehead atoms. The lowest BCUT2D eigenvalue weighted by molar-refractivity contribution is 0.368. The van der Waals surface area contributed by atoms with Crippen LogP contribution < -0.4 is 10.6 Å². The molecule has 4 heterocycles. The number of pyridine rings is 1. The second-order valence-electron chi connectivity index (χ2n) is 10.7. The molecule has 0 atom stereocenters. The highest BCUT2D eigenvalue weighted by Gasteiger charge is 2.18. The summed E-state index contributed by atoms with van der Waals surface area (Å²) in [7, 11) is 0. The molecule has 0 spiro atoms. The summed E-state index contributed by atoms with van der Waals surface area (Å²) in [5, 5.41) is 14.7. The zero-order valence-electron chi connectivity index (χ0n) is 24.2. The number of nitrogens with zero attached hydrogens (tertiary/aromatic N) is 2. The quantitative estimate of drug-likeness (QED) is 0.187. The average molecular weight is 545 g/mol. The van der Waals surface area contributed by atoms with Gasteiger partial charge in [-0.1, -0.05) is 56.2 Å². The van der Waals surface area contributed by atoms with Crippen molar-refractivity contribution in [2.75, 3.05) is 13.1 Å². The van der Waals surface area contributed by atoms with Crippen molar-refractivity contribution >= 4 is 22.2 Å². The number of hydrogen-bond donors (Lipinski definition) is 4. The number of piperidine rings is 1. The second-order valence-corrected chi connectivity index (χ2v) is 10.7. The third kappa shape index (κ3) is 6.34. The van der Waals surface area contributed by atoms with Crippen LogP contribution in [0.25, 0.3) is 33.6 Å². The summed E-state index contributed by atoms with van der Waals surface area (Å²) >= 11 is 0. The van der Waals surface area contributed by atoms with E-state index in [0.29, 0.717) is 5.92 Å². The van der Waals surface area contributed by atoms with E-state index in [4.69, 9.17) is 4.98 Å². The molecular weight excluding hydrogens is 504 g/mol. The minimum Gasteiger partial charge on any atom is -0.359 e. The summed E-state index contributed by atoms with van der Waals surface area (Å²) in [6.07, 6.45) is 20.8. The van der Waals surface area contributed by atoms with E-state index < -0.39 is 0 Å². The minimum atomic E-state index is 0.666. The molecular formula is C35H40N6. The van der Waals surface area contributed by atoms with Gasteiger partial charge in [0.1, 0.15) is 11.2 Å². The van der Waals surface area contributed by atoms with Crippen LogP contribution in [0.2, 0.25) is 0 Å². The molecule has 6 heteroatoms. The van der Waals surface area contributed by atoms with Gasteiger partial charge in [-0.05, 0) is 106 Å². The lowest BCUT2D eigenvalue weighted by atomic mass is 9.93. The van der Waals surface area contributed by atoms with Crippen molar-refractivity contribution in [2.45, 2.75) is 39.5 Å². The molecule has 1 saturated heterocycles. The van der Waals surface area contributed by atoms with Crippen molar-refractivity contribution in [1.29, 1.82) is 0 Å². The molecule has 5 rings (SSSR count). The predicted molar refractivity (Wildman–Crippen MR) is 173 cm³/mol. The van der Waals surface area contributed by atoms with Gasteiger partial charge in [0, 0.05) is 22.7 Å². The Balaban J connectivity index is 1.42. The Kier molecular flexibility index (Phi) is 8.80. The Bertz CT molecular complexity index is 1610. The van der Waals surface area contributed by atoms with Crippen LogP contribution in [0.3, 0.4) is 0 Å². The van der Waals surface area contributed by atoms with Gasteiger partial charge in [0.2, 0.25) is 0 Å². The highest BCUT2D eigenvalue weighted by Crippen LogP contribution is 2.34. The maximum Gasteiger partial charge on any atom is 0.135 e. The molecule has 0 unspecified atom stereocenters. The Morgan fingerprint density at radius 3 is 2.73 bits per heavy atom. The normalized spacial score (nSPS) is 16.7. The standard InChI is InChI=1S/C35H40N6/c1-6-11-29(27-12-9-10-13-27)30-22-33(38-24(30)5)35-34-32(40-41-35)15-14-31(39-34)26(7-2)21-28(8-3)37-23(4)20-25-16-18-36-19-17-25/h6-9,11-15,21-22,25,36-38H,1,3-4,10,16-20H2,2,5H3,(H,40,41)/b26-7+,28-21+,29-11-. The van der Waals surface area contributed by atoms with Crippen LogP contribution >= 0.6 is 0 Å². The topological polar surface area (TPSA) is 81.4 Å². The molecule has 3 aromatic heterocycles. The summed E-state index contributed by atoms with van der Waals surface area (Å²) in [4.78, 5) is 8.62. The molecule has 2 aliphatic rings. The maximum absolute atomic E-state index is 5.07. The van der Waals surface area contributed by atoms with E-state index in [9.17, 15) is 0 Å². The monoisotopic (exact) mass is 544 g/mol. The van der Waals surface area contributed by atoms with Gasteiger partial charge in [-0.3, -0.25) is 5.10 Å². The Morgan fingerprint density at radius 1 is 1.20 bits per heavy atom. The predicted octanol–water partition coefficient (Wildman–Crippen LogP) is 7.68. The molecule has 210 valence electrons. The first-order valence-corrected chi connectivity index (χ1v) is 14.4. The minimum absolute atomic E-state index is 0.666. The highest BCUT2D eigenvalue weighted by molar-refractivity contribution is 5.92. The second kappa shape index (κ2) is 12.8. The van der Waals surface area contributed by atoms with E-state index in [-0.39, 0.29) is 0 Å². The average Bonchev–Trinajstić information content (AvgIpc) is 3.74. The molecule has 3 aromatic rings. The van der Waals surface area contributed by atoms with Crippen molar-refractivity contribution in [2.24, 2.45) is 5.92 Å². The van der Waals surface area contributed by atoms with Gasteiger partial charge in [0.25, 0.3) is 0 Å². The fourth-order valence-electron chi connectivity index (χ4n) is 5.64. The van der Waals surface area contributed by atoms with Crippen LogP contribution in [0.15, 0.2) is 104 Å². The van der Waals surface area contributed by atoms with Crippen LogP contribution in [-0.2, 0) is 0 Å². The number of H-pyrrole nitrogens is 2. The molecule has 1 aliphatic heterocycles. The molecule has 6 nitrogen and oxygen atoms in total. The summed E-state index contributed by atoms with van der Waals surface area (Å²) < 4.78 is 0. The summed E-state index contributed by atoms with van der Waals surface area (Å²) in [6, 6.07) is 6.22. The van der Waals surface area contributed by atoms with Gasteiger partial charge in [0.15, 0.2) is 0 Å². The molecule has 41 heavy (non-hydrogen) atoms. The number of rotatable bonds is 11. The molecule has 0 aromatic carbocycles. The van der Waals surface area contributed by atoms with Gasteiger partial charge in [0.05, 0.1) is 16.9 Å². The van der Waals surface area contributed by atoms with Crippen LogP contribution in [-0.4, -0.2) is 33.3 Å². The van der Waals surface area contributed by atoms with Crippen molar-refractivity contribution in [3.63, 3.8) is 0 Å². The fraction of sp³-hybridized carbons (Fsp3) is 0.257. The van der Waals surface area contributed by atoms with Crippen molar-refractivity contribution in [1.82, 2.24) is 30.8 Å². The van der Waals surface area contributed by atoms with E-state index in [1.165, 1.54) is 18.4 Å². The molecule has 1 fully saturated rings. The van der Waals surface area contributed by atoms with Gasteiger partial charge in [-0.15, -0.1) is 0 Å². The SMILES string of the molecule is C=C/C=C(/C1=CCC=C1)c1cc(-c2n[nH]c3ccc(C(/C=C(\C=C)NC(=C)CC4CCNCC4)=C/C)nc23)[nH]c1C. The van der Waals surface area contributed by atoms with E-state index in [0.717, 1.165) is 87.8 Å². The maximum atomic E-state index is 5.07. The number of hydrogen-bond acceptors (Lipinski definition) is 4. The number of fused-ring (bicyclic) bond motifs is 1. The van der Waals surface area contributed by atoms with Crippen molar-refractivity contribution < 1.29 is 0 Å². The molecule has 0 radical (unpaired) electrons. The van der Waals surface area contributed by atoms with Gasteiger partial charge in [-0.25, -0.2) is 4.98 Å². The summed E-state index contributed by atoms with van der Waals surface area (Å²) in [6.45, 7) is 18.5. The van der Waals surface area contributed by atoms with Crippen LogP contribution in [0, 0.1) is 12.8 Å². The Morgan fingerprint density at radius 2 is 2.02 bits per heavy atom. The highest BCUT2D eigenvalue weighted by atomic mass is 15.1. The van der Waals surface area contributed by atoms with E-state index in [1.54, 1.807) is 0 Å². The van der Waals surface area contributed by atoms with Crippen LogP contribution in [0.1, 0.15) is 49.6 Å². The number of nitrogens with one attached hydrogen (secondary N) is 4. The van der Waals surface area contributed by atoms with Crippen molar-refractivity contribution in [3.8, 4) is 11.4 Å². The smallest absolute Gasteiger partial charge is 0.135 e. The number of aryl methyl sites for hydroxylation is 1. The first-order valence-electron chi connectivity index (χ1n) is 14.4. The first-order chi connectivity index (χ1) is 20.0. The summed E-state index contributed by atoms with van der Waals surface area (Å²) in [5.41, 5.74) is 11.8. The first kappa shape index (κ1) is 28.1. The van der Waals surface area contributed by atoms with Crippen LogP contribution in [0.4, 0.5) is 0 Å². The lowest BCUT2D eigenvalue weighted by Crippen LogP contribution is -2.28. The van der Waals surface area contributed by atoms with E-state index in [2.05, 4.69) is 95.0 Å². The molecule has 1 aliphatic carbocycles. The Hall–Kier alpha value is -4.42. The number of aromatic amines is 2. The largest absolute Gasteiger partial charge is 0.359 e. The Labute approximate surface area is 243 Å². The third-order valence-electron chi connectivity index (χ3n) is 7.79. The van der Waals surface area contributed by atoms with Gasteiger partial charge >= 0.3 is 0 Å². The zero-order chi connectivity index (χ0) is 28.8. The van der Waals surface area contributed by atoms with E-state index in [1.807, 2.05) is 31.2 Å². The van der Waals surface area contributed by atoms with E-state index >= 15 is 0 Å². The molecule has 0 saturated carbocycles. The number of aromatic nitrogens is 4. The van der Waals surface area contributed by atoms with Gasteiger partial charge in [-0.2, -0.15) is 5.10 Å². The zero-order valence-corrected chi connectivity index (χ0v) is 24.2. The lowest BCUT2D eigenvalue weighted by Gasteiger charge is -2.24. The summed E-state index contributed by atoms with van der Waals surface area (Å²) in [5.74, 6) is 0.666. The van der Waals surface area contributed by atoms with Crippen molar-refractivity contribution in [3.05, 3.63) is 120 Å². The van der Waals surface area contributed by atoms with Gasteiger partial charge < -0.3 is 15.6 Å². The van der Waals surface area contributed by atoms with Crippen LogP contribution in [0.5, 0.6) is 0 Å².